The molecule has 1 heterocycles. The van der Waals surface area contributed by atoms with Gasteiger partial charge >= 0.3 is 0 Å². The zero-order valence-corrected chi connectivity index (χ0v) is 10.9. The monoisotopic (exact) mass is 271 g/mol. The zero-order valence-electron chi connectivity index (χ0n) is 8.45. The average Bonchev–Trinajstić information content (AvgIpc) is 2.55. The minimum atomic E-state index is -3.46. The molecule has 0 bridgehead atoms. The van der Waals surface area contributed by atoms with Gasteiger partial charge in [-0.2, -0.15) is 8.42 Å². The van der Waals surface area contributed by atoms with Crippen molar-refractivity contribution in [2.45, 2.75) is 0 Å². The topological polar surface area (TPSA) is 46.5 Å². The van der Waals surface area contributed by atoms with Crippen molar-refractivity contribution < 1.29 is 8.42 Å². The van der Waals surface area contributed by atoms with Gasteiger partial charge in [-0.05, 0) is 29.7 Å². The van der Waals surface area contributed by atoms with Crippen LogP contribution >= 0.6 is 23.5 Å². The Balaban J connectivity index is 2.36. The fraction of sp³-hybridized carbons (Fsp3) is 0.100. The first-order valence-electron chi connectivity index (χ1n) is 4.45. The van der Waals surface area contributed by atoms with Crippen LogP contribution in [0.25, 0.3) is 6.08 Å². The van der Waals surface area contributed by atoms with E-state index in [-0.39, 0.29) is 0 Å². The van der Waals surface area contributed by atoms with Crippen molar-refractivity contribution in [3.05, 3.63) is 40.1 Å². The Morgan fingerprint density at radius 3 is 2.56 bits per heavy atom. The summed E-state index contributed by atoms with van der Waals surface area (Å²) in [4.78, 5) is 0. The Morgan fingerprint density at radius 1 is 1.31 bits per heavy atom. The molecule has 6 heteroatoms. The average molecular weight is 271 g/mol. The van der Waals surface area contributed by atoms with Crippen LogP contribution in [0.5, 0.6) is 0 Å². The van der Waals surface area contributed by atoms with Gasteiger partial charge < -0.3 is 0 Å². The summed E-state index contributed by atoms with van der Waals surface area (Å²) in [6.07, 6.45) is 3.46. The van der Waals surface area contributed by atoms with E-state index in [9.17, 15) is 8.42 Å². The summed E-state index contributed by atoms with van der Waals surface area (Å²) in [5.74, 6) is 0. The van der Waals surface area contributed by atoms with Gasteiger partial charge in [-0.3, -0.25) is 0 Å². The van der Waals surface area contributed by atoms with E-state index in [4.69, 9.17) is 0 Å². The van der Waals surface area contributed by atoms with Gasteiger partial charge in [0.05, 0.1) is 0 Å². The molecule has 0 fully saturated rings. The molecule has 1 aliphatic rings. The highest BCUT2D eigenvalue weighted by atomic mass is 32.3. The SMILES string of the molecule is CSC1=NS(=O)(=O)C(=Cc2ccccc2)S1. The minimum Gasteiger partial charge on any atom is -0.199 e. The van der Waals surface area contributed by atoms with Crippen LogP contribution in [0.3, 0.4) is 0 Å². The largest absolute Gasteiger partial charge is 0.290 e. The molecule has 0 saturated heterocycles. The summed E-state index contributed by atoms with van der Waals surface area (Å²) < 4.78 is 27.8. The number of nitrogens with zero attached hydrogens (tertiary/aromatic N) is 1. The summed E-state index contributed by atoms with van der Waals surface area (Å²) in [6.45, 7) is 0. The third-order valence-electron chi connectivity index (χ3n) is 1.90. The van der Waals surface area contributed by atoms with Crippen molar-refractivity contribution in [2.75, 3.05) is 6.26 Å². The quantitative estimate of drug-likeness (QED) is 0.788. The molecule has 1 aromatic carbocycles. The molecule has 1 aromatic rings. The van der Waals surface area contributed by atoms with Gasteiger partial charge in [-0.1, -0.05) is 30.3 Å². The van der Waals surface area contributed by atoms with Gasteiger partial charge in [0.25, 0.3) is 10.0 Å². The second kappa shape index (κ2) is 4.65. The van der Waals surface area contributed by atoms with E-state index < -0.39 is 10.0 Å². The maximum Gasteiger partial charge on any atom is 0.290 e. The zero-order chi connectivity index (χ0) is 11.6. The van der Waals surface area contributed by atoms with Crippen molar-refractivity contribution in [3.63, 3.8) is 0 Å². The summed E-state index contributed by atoms with van der Waals surface area (Å²) in [7, 11) is -3.46. The lowest BCUT2D eigenvalue weighted by Gasteiger charge is -1.95. The second-order valence-corrected chi connectivity index (χ2v) is 6.93. The summed E-state index contributed by atoms with van der Waals surface area (Å²) >= 11 is 2.54. The van der Waals surface area contributed by atoms with Crippen molar-refractivity contribution >= 4 is 44.0 Å². The van der Waals surface area contributed by atoms with Gasteiger partial charge in [-0.25, -0.2) is 0 Å². The smallest absolute Gasteiger partial charge is 0.199 e. The molecular weight excluding hydrogens is 262 g/mol. The lowest BCUT2D eigenvalue weighted by Crippen LogP contribution is -1.90. The summed E-state index contributed by atoms with van der Waals surface area (Å²) in [5, 5.41) is 0. The molecular formula is C10H9NO2S3. The Hall–Kier alpha value is -0.720. The highest BCUT2D eigenvalue weighted by Gasteiger charge is 2.27. The van der Waals surface area contributed by atoms with E-state index in [1.54, 1.807) is 6.08 Å². The Labute approximate surface area is 103 Å². The van der Waals surface area contributed by atoms with Gasteiger partial charge in [-0.15, -0.1) is 16.2 Å². The molecule has 0 aromatic heterocycles. The van der Waals surface area contributed by atoms with Crippen molar-refractivity contribution in [1.82, 2.24) is 0 Å². The van der Waals surface area contributed by atoms with Crippen LogP contribution in [0, 0.1) is 0 Å². The Morgan fingerprint density at radius 2 is 2.00 bits per heavy atom. The molecule has 2 rings (SSSR count). The van der Waals surface area contributed by atoms with E-state index in [0.717, 1.165) is 5.56 Å². The maximum atomic E-state index is 11.6. The molecule has 3 nitrogen and oxygen atoms in total. The van der Waals surface area contributed by atoms with Crippen LogP contribution in [-0.4, -0.2) is 19.0 Å². The van der Waals surface area contributed by atoms with Crippen molar-refractivity contribution in [1.29, 1.82) is 0 Å². The number of rotatable bonds is 1. The molecule has 0 atom stereocenters. The van der Waals surface area contributed by atoms with E-state index in [2.05, 4.69) is 4.40 Å². The molecule has 84 valence electrons. The first-order valence-corrected chi connectivity index (χ1v) is 7.93. The maximum absolute atomic E-state index is 11.6. The van der Waals surface area contributed by atoms with Gasteiger partial charge in [0, 0.05) is 0 Å². The highest BCUT2D eigenvalue weighted by Crippen LogP contribution is 2.37. The Kier molecular flexibility index (Phi) is 3.41. The third kappa shape index (κ3) is 2.50. The number of hydrogen-bond donors (Lipinski definition) is 0. The number of benzene rings is 1. The molecule has 0 amide bonds. The predicted octanol–water partition coefficient (Wildman–Crippen LogP) is 2.78. The first kappa shape index (κ1) is 11.8. The standard InChI is InChI=1S/C10H9NO2S3/c1-14-10-11-16(12,13)9(15-10)7-8-5-3-2-4-6-8/h2-7H,1H3. The van der Waals surface area contributed by atoms with Crippen LogP contribution < -0.4 is 0 Å². The van der Waals surface area contributed by atoms with Crippen LogP contribution in [0.15, 0.2) is 39.0 Å². The number of thioether (sulfide) groups is 2. The fourth-order valence-corrected chi connectivity index (χ4v) is 4.67. The molecule has 1 aliphatic heterocycles. The molecule has 0 radical (unpaired) electrons. The normalized spacial score (nSPS) is 21.1. The van der Waals surface area contributed by atoms with Crippen molar-refractivity contribution in [3.8, 4) is 0 Å². The van der Waals surface area contributed by atoms with Crippen LogP contribution in [0.2, 0.25) is 0 Å². The molecule has 0 unspecified atom stereocenters. The van der Waals surface area contributed by atoms with E-state index in [1.165, 1.54) is 23.5 Å². The fourth-order valence-electron chi connectivity index (χ4n) is 1.17. The van der Waals surface area contributed by atoms with Gasteiger partial charge in [0.2, 0.25) is 0 Å². The lowest BCUT2D eigenvalue weighted by molar-refractivity contribution is 0.606. The van der Waals surface area contributed by atoms with Crippen LogP contribution in [-0.2, 0) is 10.0 Å². The summed E-state index contributed by atoms with van der Waals surface area (Å²) in [6, 6.07) is 9.35. The molecule has 16 heavy (non-hydrogen) atoms. The number of hydrogen-bond acceptors (Lipinski definition) is 4. The molecule has 0 saturated carbocycles. The van der Waals surface area contributed by atoms with Gasteiger partial charge in [0.15, 0.2) is 0 Å². The second-order valence-electron chi connectivity index (χ2n) is 3.01. The third-order valence-corrected chi connectivity index (χ3v) is 5.83. The van der Waals surface area contributed by atoms with Crippen LogP contribution in [0.1, 0.15) is 5.56 Å². The Bertz CT molecular complexity index is 547. The van der Waals surface area contributed by atoms with E-state index >= 15 is 0 Å². The van der Waals surface area contributed by atoms with Crippen molar-refractivity contribution in [2.24, 2.45) is 4.40 Å². The summed E-state index contributed by atoms with van der Waals surface area (Å²) in [5.41, 5.74) is 0.867. The van der Waals surface area contributed by atoms with Crippen LogP contribution in [0.4, 0.5) is 0 Å². The lowest BCUT2D eigenvalue weighted by atomic mass is 10.2. The number of sulfonamides is 1. The highest BCUT2D eigenvalue weighted by molar-refractivity contribution is 8.45. The van der Waals surface area contributed by atoms with E-state index in [0.29, 0.717) is 8.61 Å². The van der Waals surface area contributed by atoms with Gasteiger partial charge in [0.1, 0.15) is 8.61 Å². The first-order chi connectivity index (χ1) is 7.62. The molecule has 0 spiro atoms. The molecule has 0 N–H and O–H groups in total. The predicted molar refractivity (Wildman–Crippen MR) is 71.9 cm³/mol. The van der Waals surface area contributed by atoms with E-state index in [1.807, 2.05) is 36.6 Å². The minimum absolute atomic E-state index is 0.294. The molecule has 0 aliphatic carbocycles.